The van der Waals surface area contributed by atoms with Crippen LogP contribution in [0.2, 0.25) is 0 Å². The molecule has 0 unspecified atom stereocenters. The van der Waals surface area contributed by atoms with E-state index in [9.17, 15) is 0 Å². The summed E-state index contributed by atoms with van der Waals surface area (Å²) in [5, 5.41) is 3.40. The van der Waals surface area contributed by atoms with Gasteiger partial charge in [0.25, 0.3) is 0 Å². The molecule has 0 heterocycles. The molecule has 3 rings (SSSR count). The molecule has 1 aliphatic carbocycles. The number of anilines is 2. The lowest BCUT2D eigenvalue weighted by molar-refractivity contribution is 0.160. The summed E-state index contributed by atoms with van der Waals surface area (Å²) < 4.78 is 11.4. The normalized spacial score (nSPS) is 14.9. The Morgan fingerprint density at radius 3 is 1.96 bits per heavy atom. The molecule has 1 aliphatic rings. The minimum Gasteiger partial charge on any atom is -0.494 e. The molecule has 0 saturated heterocycles. The molecule has 146 valence electrons. The lowest BCUT2D eigenvalue weighted by atomic mass is 9.94. The highest BCUT2D eigenvalue weighted by Crippen LogP contribution is 2.23. The number of hydrogen-bond acceptors (Lipinski definition) is 4. The molecule has 0 aromatic heterocycles. The van der Waals surface area contributed by atoms with Gasteiger partial charge in [0.05, 0.1) is 6.61 Å². The molecule has 0 aliphatic heterocycles. The third kappa shape index (κ3) is 6.17. The summed E-state index contributed by atoms with van der Waals surface area (Å²) in [6.07, 6.45) is 6.82. The van der Waals surface area contributed by atoms with Crippen molar-refractivity contribution in [2.24, 2.45) is 0 Å². The fraction of sp³-hybridized carbons (Fsp3) is 0.478. The minimum absolute atomic E-state index is 0.685. The van der Waals surface area contributed by atoms with E-state index in [0.717, 1.165) is 42.1 Å². The van der Waals surface area contributed by atoms with E-state index < -0.39 is 0 Å². The predicted molar refractivity (Wildman–Crippen MR) is 112 cm³/mol. The van der Waals surface area contributed by atoms with Crippen molar-refractivity contribution in [3.63, 3.8) is 0 Å². The van der Waals surface area contributed by atoms with Crippen molar-refractivity contribution in [3.05, 3.63) is 48.5 Å². The molecule has 27 heavy (non-hydrogen) atoms. The Balaban J connectivity index is 1.42. The van der Waals surface area contributed by atoms with Crippen molar-refractivity contribution in [2.45, 2.75) is 45.1 Å². The van der Waals surface area contributed by atoms with Crippen LogP contribution in [0, 0.1) is 0 Å². The number of rotatable bonds is 9. The second-order valence-corrected chi connectivity index (χ2v) is 7.23. The Kier molecular flexibility index (Phi) is 7.40. The summed E-state index contributed by atoms with van der Waals surface area (Å²) in [6.45, 7) is 4.39. The SMILES string of the molecule is CCOc1ccc(Nc2ccc(OCCN(C)C3CCCCC3)cc2)cc1. The Morgan fingerprint density at radius 1 is 0.852 bits per heavy atom. The van der Waals surface area contributed by atoms with Gasteiger partial charge < -0.3 is 19.7 Å². The summed E-state index contributed by atoms with van der Waals surface area (Å²) in [4.78, 5) is 2.46. The van der Waals surface area contributed by atoms with Crippen molar-refractivity contribution < 1.29 is 9.47 Å². The van der Waals surface area contributed by atoms with E-state index in [1.54, 1.807) is 0 Å². The largest absolute Gasteiger partial charge is 0.494 e. The molecule has 1 fully saturated rings. The molecule has 1 N–H and O–H groups in total. The van der Waals surface area contributed by atoms with E-state index in [2.05, 4.69) is 29.4 Å². The zero-order chi connectivity index (χ0) is 18.9. The van der Waals surface area contributed by atoms with Gasteiger partial charge in [-0.15, -0.1) is 0 Å². The van der Waals surface area contributed by atoms with E-state index in [0.29, 0.717) is 6.61 Å². The maximum atomic E-state index is 5.93. The van der Waals surface area contributed by atoms with Gasteiger partial charge >= 0.3 is 0 Å². The van der Waals surface area contributed by atoms with Crippen molar-refractivity contribution in [2.75, 3.05) is 32.1 Å². The molecule has 0 amide bonds. The van der Waals surface area contributed by atoms with Crippen molar-refractivity contribution in [1.82, 2.24) is 4.90 Å². The maximum Gasteiger partial charge on any atom is 0.119 e. The van der Waals surface area contributed by atoms with Gasteiger partial charge in [-0.1, -0.05) is 19.3 Å². The summed E-state index contributed by atoms with van der Waals surface area (Å²) in [6, 6.07) is 16.9. The second kappa shape index (κ2) is 10.2. The molecule has 1 saturated carbocycles. The quantitative estimate of drug-likeness (QED) is 0.636. The first-order valence-corrected chi connectivity index (χ1v) is 10.2. The van der Waals surface area contributed by atoms with Gasteiger partial charge in [0.1, 0.15) is 18.1 Å². The third-order valence-electron chi connectivity index (χ3n) is 5.22. The smallest absolute Gasteiger partial charge is 0.119 e. The van der Waals surface area contributed by atoms with Gasteiger partial charge in [0.15, 0.2) is 0 Å². The first-order valence-electron chi connectivity index (χ1n) is 10.2. The summed E-state index contributed by atoms with van der Waals surface area (Å²) in [7, 11) is 2.23. The summed E-state index contributed by atoms with van der Waals surface area (Å²) in [5.74, 6) is 1.81. The topological polar surface area (TPSA) is 33.7 Å². The highest BCUT2D eigenvalue weighted by Gasteiger charge is 2.17. The molecule has 2 aromatic carbocycles. The van der Waals surface area contributed by atoms with Crippen LogP contribution in [0.15, 0.2) is 48.5 Å². The van der Waals surface area contributed by atoms with Gasteiger partial charge in [-0.2, -0.15) is 0 Å². The number of ether oxygens (including phenoxy) is 2. The average molecular weight is 369 g/mol. The first kappa shape index (κ1) is 19.6. The lowest BCUT2D eigenvalue weighted by Gasteiger charge is -2.31. The molecule has 0 spiro atoms. The average Bonchev–Trinajstić information content (AvgIpc) is 2.71. The number of hydrogen-bond donors (Lipinski definition) is 1. The van der Waals surface area contributed by atoms with Gasteiger partial charge in [-0.25, -0.2) is 0 Å². The molecular weight excluding hydrogens is 336 g/mol. The van der Waals surface area contributed by atoms with Crippen LogP contribution in [0.3, 0.4) is 0 Å². The monoisotopic (exact) mass is 368 g/mol. The number of benzene rings is 2. The van der Waals surface area contributed by atoms with Gasteiger partial charge in [-0.3, -0.25) is 0 Å². The van der Waals surface area contributed by atoms with Crippen LogP contribution < -0.4 is 14.8 Å². The fourth-order valence-corrected chi connectivity index (χ4v) is 3.61. The Labute approximate surface area is 163 Å². The van der Waals surface area contributed by atoms with Gasteiger partial charge in [-0.05, 0) is 75.3 Å². The van der Waals surface area contributed by atoms with E-state index in [1.165, 1.54) is 32.1 Å². The lowest BCUT2D eigenvalue weighted by Crippen LogP contribution is -2.36. The van der Waals surface area contributed by atoms with Crippen LogP contribution in [-0.2, 0) is 0 Å². The first-order chi connectivity index (χ1) is 13.2. The van der Waals surface area contributed by atoms with Crippen molar-refractivity contribution in [1.29, 1.82) is 0 Å². The molecule has 4 nitrogen and oxygen atoms in total. The van der Waals surface area contributed by atoms with Gasteiger partial charge in [0.2, 0.25) is 0 Å². The van der Waals surface area contributed by atoms with Crippen LogP contribution in [0.4, 0.5) is 11.4 Å². The zero-order valence-electron chi connectivity index (χ0n) is 16.6. The second-order valence-electron chi connectivity index (χ2n) is 7.23. The van der Waals surface area contributed by atoms with Crippen LogP contribution in [0.25, 0.3) is 0 Å². The predicted octanol–water partition coefficient (Wildman–Crippen LogP) is 5.47. The summed E-state index contributed by atoms with van der Waals surface area (Å²) in [5.41, 5.74) is 2.09. The van der Waals surface area contributed by atoms with Crippen molar-refractivity contribution >= 4 is 11.4 Å². The van der Waals surface area contributed by atoms with E-state index in [4.69, 9.17) is 9.47 Å². The fourth-order valence-electron chi connectivity index (χ4n) is 3.61. The number of likely N-dealkylation sites (N-methyl/N-ethyl adjacent to an activating group) is 1. The maximum absolute atomic E-state index is 5.93. The molecule has 0 atom stereocenters. The Hall–Kier alpha value is -2.20. The van der Waals surface area contributed by atoms with Crippen LogP contribution in [0.1, 0.15) is 39.0 Å². The van der Waals surface area contributed by atoms with Crippen LogP contribution in [-0.4, -0.2) is 37.7 Å². The number of nitrogens with zero attached hydrogens (tertiary/aromatic N) is 1. The van der Waals surface area contributed by atoms with Crippen molar-refractivity contribution in [3.8, 4) is 11.5 Å². The number of nitrogens with one attached hydrogen (secondary N) is 1. The molecule has 0 radical (unpaired) electrons. The minimum atomic E-state index is 0.685. The summed E-state index contributed by atoms with van der Waals surface area (Å²) >= 11 is 0. The Morgan fingerprint density at radius 2 is 1.41 bits per heavy atom. The standard InChI is InChI=1S/C23H32N2O2/c1-3-26-22-13-9-19(10-14-22)24-20-11-15-23(16-12-20)27-18-17-25(2)21-7-5-4-6-8-21/h9-16,21,24H,3-8,17-18H2,1-2H3. The highest BCUT2D eigenvalue weighted by molar-refractivity contribution is 5.60. The van der Waals surface area contributed by atoms with E-state index >= 15 is 0 Å². The molecule has 2 aromatic rings. The molecule has 0 bridgehead atoms. The third-order valence-corrected chi connectivity index (χ3v) is 5.22. The zero-order valence-corrected chi connectivity index (χ0v) is 16.6. The molecule has 4 heteroatoms. The Bertz CT molecular complexity index is 664. The highest BCUT2D eigenvalue weighted by atomic mass is 16.5. The van der Waals surface area contributed by atoms with Gasteiger partial charge in [0, 0.05) is 24.0 Å². The van der Waals surface area contributed by atoms with E-state index in [-0.39, 0.29) is 0 Å². The van der Waals surface area contributed by atoms with Crippen LogP contribution >= 0.6 is 0 Å². The van der Waals surface area contributed by atoms with Crippen LogP contribution in [0.5, 0.6) is 11.5 Å². The molecular formula is C23H32N2O2. The van der Waals surface area contributed by atoms with E-state index in [1.807, 2.05) is 43.3 Å².